The van der Waals surface area contributed by atoms with Gasteiger partial charge in [-0.05, 0) is 29.8 Å². The zero-order chi connectivity index (χ0) is 17.8. The second kappa shape index (κ2) is 7.17. The average molecular weight is 338 g/mol. The quantitative estimate of drug-likeness (QED) is 0.845. The summed E-state index contributed by atoms with van der Waals surface area (Å²) in [7, 11) is 1.55. The van der Waals surface area contributed by atoms with Crippen molar-refractivity contribution in [2.75, 3.05) is 19.0 Å². The van der Waals surface area contributed by atoms with Crippen molar-refractivity contribution < 1.29 is 19.1 Å². The second-order valence-corrected chi connectivity index (χ2v) is 5.80. The van der Waals surface area contributed by atoms with E-state index in [-0.39, 0.29) is 12.3 Å². The number of ether oxygens (including phenoxy) is 1. The molecule has 0 bridgehead atoms. The highest BCUT2D eigenvalue weighted by Gasteiger charge is 2.43. The van der Waals surface area contributed by atoms with Crippen LogP contribution in [0.4, 0.5) is 5.69 Å². The monoisotopic (exact) mass is 338 g/mol. The number of Topliss-reactive ketones (excluding diaryl/α,β-unsaturated/α-hetero) is 1. The number of methoxy groups -OCH3 is 1. The van der Waals surface area contributed by atoms with E-state index in [9.17, 15) is 14.4 Å². The highest BCUT2D eigenvalue weighted by Crippen LogP contribution is 2.21. The largest absolute Gasteiger partial charge is 0.497 e. The zero-order valence-electron chi connectivity index (χ0n) is 13.8. The molecule has 1 unspecified atom stereocenters. The van der Waals surface area contributed by atoms with Gasteiger partial charge < -0.3 is 15.0 Å². The van der Waals surface area contributed by atoms with E-state index in [0.717, 1.165) is 5.56 Å². The molecular formula is C19H18N2O4. The maximum absolute atomic E-state index is 12.5. The van der Waals surface area contributed by atoms with E-state index in [1.165, 1.54) is 4.90 Å². The van der Waals surface area contributed by atoms with E-state index in [2.05, 4.69) is 5.32 Å². The predicted octanol–water partition coefficient (Wildman–Crippen LogP) is 1.86. The Morgan fingerprint density at radius 2 is 1.80 bits per heavy atom. The van der Waals surface area contributed by atoms with Gasteiger partial charge in [-0.2, -0.15) is 0 Å². The summed E-state index contributed by atoms with van der Waals surface area (Å²) in [6.07, 6.45) is 0. The molecule has 0 radical (unpaired) electrons. The summed E-state index contributed by atoms with van der Waals surface area (Å²) in [6.45, 7) is 0.270. The Bertz CT molecular complexity index is 787. The van der Waals surface area contributed by atoms with E-state index in [1.807, 2.05) is 30.3 Å². The molecule has 1 atom stereocenters. The molecule has 1 aliphatic heterocycles. The molecule has 2 amide bonds. The molecule has 0 aliphatic carbocycles. The summed E-state index contributed by atoms with van der Waals surface area (Å²) in [5.41, 5.74) is 1.42. The number of hydrogen-bond acceptors (Lipinski definition) is 4. The van der Waals surface area contributed by atoms with Crippen LogP contribution >= 0.6 is 0 Å². The molecule has 3 rings (SSSR count). The van der Waals surface area contributed by atoms with Crippen LogP contribution in [0.25, 0.3) is 0 Å². The molecule has 6 heteroatoms. The normalized spacial score (nSPS) is 16.8. The Hall–Kier alpha value is -3.15. The van der Waals surface area contributed by atoms with Crippen molar-refractivity contribution in [2.45, 2.75) is 6.54 Å². The van der Waals surface area contributed by atoms with Crippen LogP contribution in [0.5, 0.6) is 5.75 Å². The molecule has 0 aromatic heterocycles. The summed E-state index contributed by atoms with van der Waals surface area (Å²) >= 11 is 0. The molecule has 0 spiro atoms. The van der Waals surface area contributed by atoms with Gasteiger partial charge in [0.25, 0.3) is 0 Å². The molecule has 2 aromatic rings. The summed E-state index contributed by atoms with van der Waals surface area (Å²) in [6, 6.07) is 16.1. The molecular weight excluding hydrogens is 320 g/mol. The van der Waals surface area contributed by atoms with E-state index < -0.39 is 17.7 Å². The van der Waals surface area contributed by atoms with E-state index in [4.69, 9.17) is 4.74 Å². The van der Waals surface area contributed by atoms with Crippen molar-refractivity contribution in [2.24, 2.45) is 5.92 Å². The minimum atomic E-state index is -1.29. The topological polar surface area (TPSA) is 75.7 Å². The highest BCUT2D eigenvalue weighted by molar-refractivity contribution is 6.25. The van der Waals surface area contributed by atoms with Crippen LogP contribution in [-0.4, -0.2) is 36.2 Å². The fourth-order valence-corrected chi connectivity index (χ4v) is 2.76. The van der Waals surface area contributed by atoms with Crippen LogP contribution in [0, 0.1) is 5.92 Å². The van der Waals surface area contributed by atoms with E-state index >= 15 is 0 Å². The number of ketones is 1. The number of carbonyl (C=O) groups is 3. The van der Waals surface area contributed by atoms with Crippen LogP contribution < -0.4 is 10.1 Å². The first kappa shape index (κ1) is 16.7. The Balaban J connectivity index is 1.67. The predicted molar refractivity (Wildman–Crippen MR) is 92.0 cm³/mol. The van der Waals surface area contributed by atoms with Gasteiger partial charge in [0, 0.05) is 12.2 Å². The fraction of sp³-hybridized carbons (Fsp3) is 0.211. The summed E-state index contributed by atoms with van der Waals surface area (Å²) < 4.78 is 5.05. The van der Waals surface area contributed by atoms with E-state index in [0.29, 0.717) is 18.0 Å². The Morgan fingerprint density at radius 3 is 2.44 bits per heavy atom. The van der Waals surface area contributed by atoms with Gasteiger partial charge in [0.1, 0.15) is 5.75 Å². The number of rotatable bonds is 5. The van der Waals surface area contributed by atoms with Crippen LogP contribution in [-0.2, 0) is 20.9 Å². The van der Waals surface area contributed by atoms with Gasteiger partial charge in [-0.25, -0.2) is 0 Å². The van der Waals surface area contributed by atoms with Gasteiger partial charge in [-0.1, -0.05) is 30.3 Å². The lowest BCUT2D eigenvalue weighted by Gasteiger charge is -2.15. The molecule has 1 saturated heterocycles. The number of carbonyl (C=O) groups excluding carboxylic acids is 3. The number of amides is 2. The van der Waals surface area contributed by atoms with E-state index in [1.54, 1.807) is 31.4 Å². The number of anilines is 1. The van der Waals surface area contributed by atoms with Crippen LogP contribution in [0.2, 0.25) is 0 Å². The van der Waals surface area contributed by atoms with Crippen LogP contribution in [0.3, 0.4) is 0 Å². The molecule has 25 heavy (non-hydrogen) atoms. The third kappa shape index (κ3) is 3.68. The minimum absolute atomic E-state index is 0.0472. The van der Waals surface area contributed by atoms with Crippen LogP contribution in [0.15, 0.2) is 54.6 Å². The number of nitrogens with one attached hydrogen (secondary N) is 1. The molecule has 1 heterocycles. The maximum atomic E-state index is 12.5. The summed E-state index contributed by atoms with van der Waals surface area (Å²) in [5, 5.41) is 2.62. The lowest BCUT2D eigenvalue weighted by atomic mass is 10.1. The fourth-order valence-electron chi connectivity index (χ4n) is 2.76. The Labute approximate surface area is 145 Å². The first-order valence-electron chi connectivity index (χ1n) is 7.89. The third-order valence-corrected chi connectivity index (χ3v) is 4.06. The van der Waals surface area contributed by atoms with Gasteiger partial charge in [-0.3, -0.25) is 14.4 Å². The lowest BCUT2D eigenvalue weighted by Crippen LogP contribution is -2.34. The number of benzene rings is 2. The van der Waals surface area contributed by atoms with Crippen molar-refractivity contribution in [3.8, 4) is 5.75 Å². The summed E-state index contributed by atoms with van der Waals surface area (Å²) in [4.78, 5) is 38.4. The highest BCUT2D eigenvalue weighted by atomic mass is 16.5. The first-order chi connectivity index (χ1) is 12.1. The first-order valence-corrected chi connectivity index (χ1v) is 7.89. The van der Waals surface area contributed by atoms with Gasteiger partial charge >= 0.3 is 0 Å². The molecule has 128 valence electrons. The molecule has 6 nitrogen and oxygen atoms in total. The second-order valence-electron chi connectivity index (χ2n) is 5.80. The number of hydrogen-bond donors (Lipinski definition) is 1. The number of nitrogens with zero attached hydrogens (tertiary/aromatic N) is 1. The SMILES string of the molecule is COc1ccc(NC(=O)C2C(=O)CN(Cc3ccccc3)C2=O)cc1. The molecule has 1 fully saturated rings. The minimum Gasteiger partial charge on any atom is -0.497 e. The van der Waals surface area contributed by atoms with Crippen molar-refractivity contribution in [1.82, 2.24) is 4.90 Å². The zero-order valence-corrected chi connectivity index (χ0v) is 13.8. The Kier molecular flexibility index (Phi) is 4.79. The Morgan fingerprint density at radius 1 is 1.12 bits per heavy atom. The van der Waals surface area contributed by atoms with Gasteiger partial charge in [0.05, 0.1) is 13.7 Å². The molecule has 1 aliphatic rings. The van der Waals surface area contributed by atoms with Gasteiger partial charge in [-0.15, -0.1) is 0 Å². The lowest BCUT2D eigenvalue weighted by molar-refractivity contribution is -0.138. The molecule has 2 aromatic carbocycles. The van der Waals surface area contributed by atoms with Crippen molar-refractivity contribution in [3.63, 3.8) is 0 Å². The summed E-state index contributed by atoms with van der Waals surface area (Å²) in [5.74, 6) is -2.08. The maximum Gasteiger partial charge on any atom is 0.244 e. The smallest absolute Gasteiger partial charge is 0.244 e. The molecule has 0 saturated carbocycles. The third-order valence-electron chi connectivity index (χ3n) is 4.06. The van der Waals surface area contributed by atoms with Gasteiger partial charge in [0.15, 0.2) is 11.7 Å². The number of likely N-dealkylation sites (tertiary alicyclic amines) is 1. The molecule has 1 N–H and O–H groups in total. The average Bonchev–Trinajstić information content (AvgIpc) is 2.90. The van der Waals surface area contributed by atoms with Crippen molar-refractivity contribution >= 4 is 23.3 Å². The van der Waals surface area contributed by atoms with Gasteiger partial charge in [0.2, 0.25) is 11.8 Å². The van der Waals surface area contributed by atoms with Crippen LogP contribution in [0.1, 0.15) is 5.56 Å². The standard InChI is InChI=1S/C19H18N2O4/c1-25-15-9-7-14(8-10-15)20-18(23)17-16(22)12-21(19(17)24)11-13-5-3-2-4-6-13/h2-10,17H,11-12H2,1H3,(H,20,23). The van der Waals surface area contributed by atoms with Crippen molar-refractivity contribution in [1.29, 1.82) is 0 Å². The van der Waals surface area contributed by atoms with Crippen molar-refractivity contribution in [3.05, 3.63) is 60.2 Å².